The Morgan fingerprint density at radius 3 is 2.39 bits per heavy atom. The van der Waals surface area contributed by atoms with Crippen molar-refractivity contribution in [1.29, 1.82) is 0 Å². The predicted octanol–water partition coefficient (Wildman–Crippen LogP) is -0.487. The third-order valence-electron chi connectivity index (χ3n) is 6.73. The van der Waals surface area contributed by atoms with Crippen LogP contribution in [0, 0.1) is 5.92 Å². The van der Waals surface area contributed by atoms with E-state index >= 15 is 0 Å². The molecule has 9 nitrogen and oxygen atoms in total. The fourth-order valence-corrected chi connectivity index (χ4v) is 4.42. The molecule has 1 heterocycles. The van der Waals surface area contributed by atoms with Crippen LogP contribution in [0.5, 0.6) is 5.75 Å². The fraction of sp³-hybridized carbons (Fsp3) is 0.458. The molecule has 33 heavy (non-hydrogen) atoms. The van der Waals surface area contributed by atoms with Gasteiger partial charge in [0.15, 0.2) is 5.60 Å². The second kappa shape index (κ2) is 9.38. The van der Waals surface area contributed by atoms with Crippen LogP contribution in [0.2, 0.25) is 0 Å². The Labute approximate surface area is 192 Å². The van der Waals surface area contributed by atoms with Gasteiger partial charge in [0.1, 0.15) is 11.9 Å². The summed E-state index contributed by atoms with van der Waals surface area (Å²) < 4.78 is 5.37. The van der Waals surface area contributed by atoms with Crippen LogP contribution in [0.25, 0.3) is 11.1 Å². The van der Waals surface area contributed by atoms with Crippen LogP contribution in [0.4, 0.5) is 0 Å². The monoisotopic (exact) mass is 458 g/mol. The summed E-state index contributed by atoms with van der Waals surface area (Å²) in [6.07, 6.45) is -4.82. The zero-order valence-corrected chi connectivity index (χ0v) is 18.4. The first-order valence-electron chi connectivity index (χ1n) is 11.0. The number of aliphatic hydroxyl groups is 5. The number of piperazine rings is 1. The molecule has 0 bridgehead atoms. The fourth-order valence-electron chi connectivity index (χ4n) is 4.42. The number of benzene rings is 2. The molecule has 5 atom stereocenters. The zero-order valence-electron chi connectivity index (χ0n) is 18.4. The number of hydrogen-bond donors (Lipinski definition) is 5. The second-order valence-corrected chi connectivity index (χ2v) is 8.78. The predicted molar refractivity (Wildman–Crippen MR) is 119 cm³/mol. The lowest BCUT2D eigenvalue weighted by Crippen LogP contribution is -2.76. The van der Waals surface area contributed by atoms with Crippen molar-refractivity contribution in [3.8, 4) is 16.9 Å². The van der Waals surface area contributed by atoms with Crippen molar-refractivity contribution in [3.05, 3.63) is 54.1 Å². The van der Waals surface area contributed by atoms with E-state index < -0.39 is 36.6 Å². The summed E-state index contributed by atoms with van der Waals surface area (Å²) in [5, 5.41) is 49.7. The molecule has 1 saturated heterocycles. The van der Waals surface area contributed by atoms with Gasteiger partial charge < -0.3 is 40.1 Å². The number of hydrogen-bond acceptors (Lipinski definition) is 8. The number of ether oxygens (including phenoxy) is 1. The van der Waals surface area contributed by atoms with Gasteiger partial charge in [0.25, 0.3) is 5.91 Å². The third-order valence-corrected chi connectivity index (χ3v) is 6.73. The van der Waals surface area contributed by atoms with Crippen molar-refractivity contribution >= 4 is 5.91 Å². The van der Waals surface area contributed by atoms with E-state index in [9.17, 15) is 30.3 Å². The van der Waals surface area contributed by atoms with E-state index in [0.717, 1.165) is 24.2 Å². The maximum absolute atomic E-state index is 12.9. The number of amides is 1. The molecule has 5 N–H and O–H groups in total. The first-order valence-corrected chi connectivity index (χ1v) is 11.0. The first-order chi connectivity index (χ1) is 15.8. The van der Waals surface area contributed by atoms with Crippen LogP contribution >= 0.6 is 0 Å². The molecule has 0 spiro atoms. The maximum Gasteiger partial charge on any atom is 0.253 e. The highest BCUT2D eigenvalue weighted by molar-refractivity contribution is 5.95. The van der Waals surface area contributed by atoms with Gasteiger partial charge in [-0.3, -0.25) is 4.79 Å². The molecule has 9 heteroatoms. The Hall–Kier alpha value is -2.53. The van der Waals surface area contributed by atoms with Crippen molar-refractivity contribution < 1.29 is 35.1 Å². The molecule has 1 amide bonds. The average Bonchev–Trinajstić information content (AvgIpc) is 2.84. The highest BCUT2D eigenvalue weighted by Gasteiger charge is 2.65. The van der Waals surface area contributed by atoms with Crippen LogP contribution in [0.15, 0.2) is 48.5 Å². The Morgan fingerprint density at radius 1 is 1.09 bits per heavy atom. The van der Waals surface area contributed by atoms with Gasteiger partial charge in [0.2, 0.25) is 6.29 Å². The molecule has 0 aromatic heterocycles. The molecule has 2 aromatic rings. The van der Waals surface area contributed by atoms with Gasteiger partial charge in [0, 0.05) is 37.7 Å². The molecular formula is C24H30N2O7. The van der Waals surface area contributed by atoms with Gasteiger partial charge in [-0.2, -0.15) is 0 Å². The van der Waals surface area contributed by atoms with E-state index in [4.69, 9.17) is 4.74 Å². The summed E-state index contributed by atoms with van der Waals surface area (Å²) in [5.41, 5.74) is 0.113. The van der Waals surface area contributed by atoms with Crippen LogP contribution in [-0.4, -0.2) is 105 Å². The minimum atomic E-state index is -2.18. The number of aliphatic hydroxyl groups excluding tert-OH is 4. The van der Waals surface area contributed by atoms with Crippen molar-refractivity contribution in [1.82, 2.24) is 9.80 Å². The Morgan fingerprint density at radius 2 is 1.76 bits per heavy atom. The van der Waals surface area contributed by atoms with Crippen molar-refractivity contribution in [2.45, 2.75) is 24.1 Å². The number of rotatable bonds is 6. The third kappa shape index (κ3) is 4.35. The zero-order chi connectivity index (χ0) is 23.8. The number of carbonyl (C=O) groups excluding carboxylic acids is 1. The number of likely N-dealkylation sites (N-methyl/N-ethyl adjacent to an activating group) is 1. The lowest BCUT2D eigenvalue weighted by molar-refractivity contribution is -0.332. The minimum absolute atomic E-state index is 0.000880. The van der Waals surface area contributed by atoms with Gasteiger partial charge in [-0.15, -0.1) is 0 Å². The van der Waals surface area contributed by atoms with E-state index in [0.29, 0.717) is 18.7 Å². The van der Waals surface area contributed by atoms with Gasteiger partial charge in [-0.1, -0.05) is 24.3 Å². The topological polar surface area (TPSA) is 134 Å². The van der Waals surface area contributed by atoms with Gasteiger partial charge in [-0.05, 0) is 42.4 Å². The molecule has 0 radical (unpaired) electrons. The van der Waals surface area contributed by atoms with E-state index in [-0.39, 0.29) is 11.7 Å². The van der Waals surface area contributed by atoms with Crippen LogP contribution in [0.1, 0.15) is 10.4 Å². The molecule has 2 aliphatic rings. The molecule has 1 aliphatic heterocycles. The Bertz CT molecular complexity index is 977. The van der Waals surface area contributed by atoms with E-state index in [1.807, 2.05) is 30.1 Å². The molecule has 1 saturated carbocycles. The van der Waals surface area contributed by atoms with Crippen LogP contribution < -0.4 is 4.74 Å². The largest absolute Gasteiger partial charge is 0.462 e. The normalized spacial score (nSPS) is 28.8. The summed E-state index contributed by atoms with van der Waals surface area (Å²) in [7, 11) is 2.04. The molecule has 4 rings (SSSR count). The SMILES string of the molecule is CN1CCN(C(=O)c2cccc(-c3ccc(OC(O)C4(O)C(O)C(O)C4CO)cc3)c2)CC1. The molecule has 178 valence electrons. The summed E-state index contributed by atoms with van der Waals surface area (Å²) in [5.74, 6) is -0.891. The van der Waals surface area contributed by atoms with Crippen LogP contribution in [-0.2, 0) is 0 Å². The van der Waals surface area contributed by atoms with Gasteiger partial charge in [0.05, 0.1) is 12.7 Å². The minimum Gasteiger partial charge on any atom is -0.462 e. The molecule has 5 unspecified atom stereocenters. The standard InChI is InChI=1S/C24H30N2O7/c1-25-9-11-26(12-10-25)22(30)17-4-2-3-16(13-17)15-5-7-18(8-6-15)33-23(31)24(32)19(14-27)20(28)21(24)29/h2-8,13,19-21,23,27-29,31-32H,9-12,14H2,1H3. The number of nitrogens with zero attached hydrogens (tertiary/aromatic N) is 2. The van der Waals surface area contributed by atoms with Crippen molar-refractivity contribution in [2.24, 2.45) is 5.92 Å². The van der Waals surface area contributed by atoms with Gasteiger partial charge in [-0.25, -0.2) is 0 Å². The number of carbonyl (C=O) groups is 1. The van der Waals surface area contributed by atoms with E-state index in [2.05, 4.69) is 4.90 Å². The van der Waals surface area contributed by atoms with Crippen molar-refractivity contribution in [3.63, 3.8) is 0 Å². The molecule has 1 aliphatic carbocycles. The highest BCUT2D eigenvalue weighted by Crippen LogP contribution is 2.42. The van der Waals surface area contributed by atoms with Crippen LogP contribution in [0.3, 0.4) is 0 Å². The lowest BCUT2D eigenvalue weighted by Gasteiger charge is -2.53. The lowest BCUT2D eigenvalue weighted by atomic mass is 9.64. The van der Waals surface area contributed by atoms with E-state index in [1.165, 1.54) is 0 Å². The van der Waals surface area contributed by atoms with Gasteiger partial charge >= 0.3 is 0 Å². The second-order valence-electron chi connectivity index (χ2n) is 8.78. The summed E-state index contributed by atoms with van der Waals surface area (Å²) >= 11 is 0. The molecule has 2 aromatic carbocycles. The highest BCUT2D eigenvalue weighted by atomic mass is 16.6. The molecular weight excluding hydrogens is 428 g/mol. The smallest absolute Gasteiger partial charge is 0.253 e. The van der Waals surface area contributed by atoms with E-state index in [1.54, 1.807) is 30.3 Å². The Kier molecular flexibility index (Phi) is 6.71. The summed E-state index contributed by atoms with van der Waals surface area (Å²) in [4.78, 5) is 16.9. The maximum atomic E-state index is 12.9. The summed E-state index contributed by atoms with van der Waals surface area (Å²) in [6.45, 7) is 2.48. The quantitative estimate of drug-likeness (QED) is 0.367. The van der Waals surface area contributed by atoms with Crippen molar-refractivity contribution in [2.75, 3.05) is 39.8 Å². The Balaban J connectivity index is 1.44. The average molecular weight is 459 g/mol. The molecule has 2 fully saturated rings. The summed E-state index contributed by atoms with van der Waals surface area (Å²) in [6, 6.07) is 14.0. The first kappa shape index (κ1) is 23.6.